The standard InChI is InChI=1S/C56H109NO5/c1-3-5-7-9-11-13-14-15-27-30-34-38-42-46-50-56(61)62-51-47-43-39-35-31-28-25-23-21-19-17-16-18-20-22-24-26-29-33-37-41-45-49-55(60)57-53(52-58)54(59)48-44-40-36-32-12-10-8-6-4-2/h44,48,53-54,58-59H,3-43,45-47,49-52H2,1-2H3,(H,57,60)/b48-44+. The molecule has 0 aromatic rings. The summed E-state index contributed by atoms with van der Waals surface area (Å²) in [7, 11) is 0. The van der Waals surface area contributed by atoms with E-state index in [9.17, 15) is 19.8 Å². The second kappa shape index (κ2) is 52.2. The Hall–Kier alpha value is -1.40. The maximum atomic E-state index is 12.4. The Balaban J connectivity index is 3.35. The minimum absolute atomic E-state index is 0.0150. The molecule has 0 aliphatic heterocycles. The quantitative estimate of drug-likeness (QED) is 0.0321. The van der Waals surface area contributed by atoms with Gasteiger partial charge in [-0.2, -0.15) is 0 Å². The predicted molar refractivity (Wildman–Crippen MR) is 269 cm³/mol. The lowest BCUT2D eigenvalue weighted by Gasteiger charge is -2.20. The van der Waals surface area contributed by atoms with Crippen molar-refractivity contribution in [3.05, 3.63) is 12.2 Å². The fraction of sp³-hybridized carbons (Fsp3) is 0.929. The van der Waals surface area contributed by atoms with Crippen molar-refractivity contribution in [1.29, 1.82) is 0 Å². The lowest BCUT2D eigenvalue weighted by atomic mass is 10.0. The molecular weight excluding hydrogens is 767 g/mol. The van der Waals surface area contributed by atoms with Gasteiger partial charge in [-0.05, 0) is 32.1 Å². The summed E-state index contributed by atoms with van der Waals surface area (Å²) >= 11 is 0. The topological polar surface area (TPSA) is 95.9 Å². The average molecular weight is 876 g/mol. The fourth-order valence-electron chi connectivity index (χ4n) is 8.75. The molecule has 0 saturated carbocycles. The Morgan fingerprint density at radius 3 is 1.10 bits per heavy atom. The van der Waals surface area contributed by atoms with E-state index in [1.807, 2.05) is 6.08 Å². The van der Waals surface area contributed by atoms with Gasteiger partial charge in [0, 0.05) is 12.8 Å². The molecule has 0 bridgehead atoms. The van der Waals surface area contributed by atoms with Crippen molar-refractivity contribution in [2.24, 2.45) is 0 Å². The molecule has 368 valence electrons. The number of nitrogens with one attached hydrogen (secondary N) is 1. The Morgan fingerprint density at radius 1 is 0.435 bits per heavy atom. The SMILES string of the molecule is CCCCCCCCC/C=C/C(O)C(CO)NC(=O)CCCCCCCCCCCCCCCCCCCCCCCCOC(=O)CCCCCCCCCCCCCCCC. The molecule has 2 atom stereocenters. The lowest BCUT2D eigenvalue weighted by Crippen LogP contribution is -2.45. The Bertz CT molecular complexity index is 924. The monoisotopic (exact) mass is 876 g/mol. The van der Waals surface area contributed by atoms with Crippen LogP contribution in [0.4, 0.5) is 0 Å². The van der Waals surface area contributed by atoms with Crippen LogP contribution in [0.1, 0.15) is 309 Å². The molecule has 2 unspecified atom stereocenters. The highest BCUT2D eigenvalue weighted by atomic mass is 16.5. The van der Waals surface area contributed by atoms with E-state index in [1.165, 1.54) is 244 Å². The zero-order chi connectivity index (χ0) is 45.1. The minimum Gasteiger partial charge on any atom is -0.466 e. The number of rotatable bonds is 52. The van der Waals surface area contributed by atoms with Crippen molar-refractivity contribution in [3.8, 4) is 0 Å². The Kier molecular flexibility index (Phi) is 51.0. The summed E-state index contributed by atoms with van der Waals surface area (Å²) in [4.78, 5) is 24.4. The van der Waals surface area contributed by atoms with Crippen LogP contribution in [0.15, 0.2) is 12.2 Å². The van der Waals surface area contributed by atoms with Gasteiger partial charge in [-0.3, -0.25) is 9.59 Å². The number of amides is 1. The number of aliphatic hydroxyl groups is 2. The first kappa shape index (κ1) is 60.6. The van der Waals surface area contributed by atoms with E-state index in [0.717, 1.165) is 38.5 Å². The van der Waals surface area contributed by atoms with Gasteiger partial charge in [-0.1, -0.05) is 276 Å². The van der Waals surface area contributed by atoms with Gasteiger partial charge in [-0.25, -0.2) is 0 Å². The van der Waals surface area contributed by atoms with Gasteiger partial charge in [0.2, 0.25) is 5.91 Å². The van der Waals surface area contributed by atoms with Crippen LogP contribution in [0.25, 0.3) is 0 Å². The number of unbranched alkanes of at least 4 members (excludes halogenated alkanes) is 41. The van der Waals surface area contributed by atoms with E-state index in [0.29, 0.717) is 19.4 Å². The summed E-state index contributed by atoms with van der Waals surface area (Å²) in [6, 6.07) is -0.624. The summed E-state index contributed by atoms with van der Waals surface area (Å²) in [6.45, 7) is 4.89. The molecule has 0 rings (SSSR count). The van der Waals surface area contributed by atoms with Crippen LogP contribution in [0.3, 0.4) is 0 Å². The number of ether oxygens (including phenoxy) is 1. The van der Waals surface area contributed by atoms with Crippen molar-refractivity contribution in [2.45, 2.75) is 321 Å². The molecule has 6 heteroatoms. The van der Waals surface area contributed by atoms with E-state index >= 15 is 0 Å². The molecule has 0 heterocycles. The minimum atomic E-state index is -0.841. The van der Waals surface area contributed by atoms with Gasteiger partial charge in [0.1, 0.15) is 0 Å². The second-order valence-electron chi connectivity index (χ2n) is 19.3. The van der Waals surface area contributed by atoms with Gasteiger partial charge < -0.3 is 20.3 Å². The molecule has 0 aliphatic rings. The molecule has 1 amide bonds. The van der Waals surface area contributed by atoms with Crippen molar-refractivity contribution in [3.63, 3.8) is 0 Å². The third-order valence-electron chi connectivity index (χ3n) is 13.1. The number of carbonyl (C=O) groups is 2. The fourth-order valence-corrected chi connectivity index (χ4v) is 8.75. The molecule has 0 aromatic heterocycles. The smallest absolute Gasteiger partial charge is 0.305 e. The first-order valence-corrected chi connectivity index (χ1v) is 28.0. The van der Waals surface area contributed by atoms with E-state index in [2.05, 4.69) is 19.2 Å². The normalized spacial score (nSPS) is 12.6. The highest BCUT2D eigenvalue weighted by molar-refractivity contribution is 5.76. The summed E-state index contributed by atoms with van der Waals surface area (Å²) in [6.07, 6.45) is 61.0. The number of aliphatic hydroxyl groups excluding tert-OH is 2. The zero-order valence-corrected chi connectivity index (χ0v) is 41.9. The van der Waals surface area contributed by atoms with E-state index < -0.39 is 12.1 Å². The van der Waals surface area contributed by atoms with E-state index in [4.69, 9.17) is 4.74 Å². The van der Waals surface area contributed by atoms with Crippen molar-refractivity contribution < 1.29 is 24.5 Å². The van der Waals surface area contributed by atoms with E-state index in [1.54, 1.807) is 6.08 Å². The molecular formula is C56H109NO5. The molecule has 0 saturated heterocycles. The third-order valence-corrected chi connectivity index (χ3v) is 13.1. The van der Waals surface area contributed by atoms with Crippen LogP contribution in [0.2, 0.25) is 0 Å². The molecule has 0 aromatic carbocycles. The average Bonchev–Trinajstić information content (AvgIpc) is 3.27. The second-order valence-corrected chi connectivity index (χ2v) is 19.3. The van der Waals surface area contributed by atoms with Crippen molar-refractivity contribution in [2.75, 3.05) is 13.2 Å². The molecule has 6 nitrogen and oxygen atoms in total. The summed E-state index contributed by atoms with van der Waals surface area (Å²) in [5.74, 6) is -0.0550. The zero-order valence-electron chi connectivity index (χ0n) is 41.9. The molecule has 3 N–H and O–H groups in total. The number of hydrogen-bond donors (Lipinski definition) is 3. The molecule has 62 heavy (non-hydrogen) atoms. The molecule has 0 spiro atoms. The highest BCUT2D eigenvalue weighted by Crippen LogP contribution is 2.17. The highest BCUT2D eigenvalue weighted by Gasteiger charge is 2.18. The van der Waals surface area contributed by atoms with Crippen LogP contribution >= 0.6 is 0 Å². The third kappa shape index (κ3) is 48.1. The number of carbonyl (C=O) groups excluding carboxylic acids is 2. The van der Waals surface area contributed by atoms with Gasteiger partial charge in [-0.15, -0.1) is 0 Å². The maximum absolute atomic E-state index is 12.4. The van der Waals surface area contributed by atoms with Crippen LogP contribution in [0, 0.1) is 0 Å². The number of allylic oxidation sites excluding steroid dienone is 1. The van der Waals surface area contributed by atoms with Crippen LogP contribution in [-0.4, -0.2) is 47.4 Å². The van der Waals surface area contributed by atoms with Crippen LogP contribution in [-0.2, 0) is 14.3 Å². The lowest BCUT2D eigenvalue weighted by molar-refractivity contribution is -0.143. The van der Waals surface area contributed by atoms with Gasteiger partial charge in [0.05, 0.1) is 25.4 Å². The van der Waals surface area contributed by atoms with Gasteiger partial charge in [0.25, 0.3) is 0 Å². The van der Waals surface area contributed by atoms with Crippen LogP contribution < -0.4 is 5.32 Å². The summed E-state index contributed by atoms with van der Waals surface area (Å²) < 4.78 is 5.48. The van der Waals surface area contributed by atoms with Crippen molar-refractivity contribution >= 4 is 11.9 Å². The summed E-state index contributed by atoms with van der Waals surface area (Å²) in [5, 5.41) is 22.9. The molecule has 0 aliphatic carbocycles. The Morgan fingerprint density at radius 2 is 0.742 bits per heavy atom. The van der Waals surface area contributed by atoms with Crippen LogP contribution in [0.5, 0.6) is 0 Å². The summed E-state index contributed by atoms with van der Waals surface area (Å²) in [5.41, 5.74) is 0. The Labute approximate surface area is 387 Å². The number of esters is 1. The first-order chi connectivity index (χ1) is 30.5. The van der Waals surface area contributed by atoms with Crippen molar-refractivity contribution in [1.82, 2.24) is 5.32 Å². The largest absolute Gasteiger partial charge is 0.466 e. The predicted octanol–water partition coefficient (Wildman–Crippen LogP) is 16.9. The van der Waals surface area contributed by atoms with Gasteiger partial charge in [0.15, 0.2) is 0 Å². The molecule has 0 fully saturated rings. The maximum Gasteiger partial charge on any atom is 0.305 e. The van der Waals surface area contributed by atoms with Gasteiger partial charge >= 0.3 is 5.97 Å². The first-order valence-electron chi connectivity index (χ1n) is 28.0. The number of hydrogen-bond acceptors (Lipinski definition) is 5. The van der Waals surface area contributed by atoms with E-state index in [-0.39, 0.29) is 18.5 Å². The molecule has 0 radical (unpaired) electrons.